The smallest absolute Gasteiger partial charge is 0.242 e. The van der Waals surface area contributed by atoms with Crippen LogP contribution in [0.1, 0.15) is 6.92 Å². The predicted octanol–water partition coefficient (Wildman–Crippen LogP) is -0.896. The molecule has 1 N–H and O–H groups in total. The van der Waals surface area contributed by atoms with Gasteiger partial charge in [-0.15, -0.1) is 0 Å². The number of amides is 2. The van der Waals surface area contributed by atoms with E-state index in [-0.39, 0.29) is 24.3 Å². The first-order chi connectivity index (χ1) is 6.13. The summed E-state index contributed by atoms with van der Waals surface area (Å²) >= 11 is 0. The Morgan fingerprint density at radius 2 is 2.23 bits per heavy atom. The standard InChI is InChI=1S/C8H11N3O2/c1-6(12)10-3-8(13)11-4-7(2-9)5-11/h7H,3-5H2,1H3,(H,10,12). The van der Waals surface area contributed by atoms with Gasteiger partial charge in [-0.1, -0.05) is 0 Å². The Bertz CT molecular complexity index is 263. The van der Waals surface area contributed by atoms with Gasteiger partial charge in [0.05, 0.1) is 18.5 Å². The highest BCUT2D eigenvalue weighted by molar-refractivity contribution is 5.84. The van der Waals surface area contributed by atoms with Crippen LogP contribution < -0.4 is 5.32 Å². The van der Waals surface area contributed by atoms with Crippen LogP contribution >= 0.6 is 0 Å². The van der Waals surface area contributed by atoms with E-state index in [0.29, 0.717) is 13.1 Å². The molecule has 0 bridgehead atoms. The molecule has 1 fully saturated rings. The molecule has 0 spiro atoms. The summed E-state index contributed by atoms with van der Waals surface area (Å²) in [6.45, 7) is 2.39. The zero-order chi connectivity index (χ0) is 9.84. The Morgan fingerprint density at radius 1 is 1.62 bits per heavy atom. The van der Waals surface area contributed by atoms with Gasteiger partial charge in [0.15, 0.2) is 0 Å². The molecule has 0 aromatic carbocycles. The number of nitrogens with zero attached hydrogens (tertiary/aromatic N) is 2. The van der Waals surface area contributed by atoms with Gasteiger partial charge in [-0.25, -0.2) is 0 Å². The van der Waals surface area contributed by atoms with Gasteiger partial charge >= 0.3 is 0 Å². The summed E-state index contributed by atoms with van der Waals surface area (Å²) in [6, 6.07) is 2.07. The van der Waals surface area contributed by atoms with E-state index in [1.54, 1.807) is 4.90 Å². The maximum Gasteiger partial charge on any atom is 0.242 e. The Labute approximate surface area is 76.3 Å². The molecular weight excluding hydrogens is 170 g/mol. The predicted molar refractivity (Wildman–Crippen MR) is 44.4 cm³/mol. The number of hydrogen-bond acceptors (Lipinski definition) is 3. The SMILES string of the molecule is CC(=O)NCC(=O)N1CC(C#N)C1. The molecule has 1 rings (SSSR count). The second-order valence-electron chi connectivity index (χ2n) is 3.03. The van der Waals surface area contributed by atoms with Crippen molar-refractivity contribution in [3.8, 4) is 6.07 Å². The first-order valence-corrected chi connectivity index (χ1v) is 4.05. The summed E-state index contributed by atoms with van der Waals surface area (Å²) in [5.41, 5.74) is 0. The molecule has 0 saturated carbocycles. The van der Waals surface area contributed by atoms with Gasteiger partial charge < -0.3 is 10.2 Å². The van der Waals surface area contributed by atoms with Crippen molar-refractivity contribution in [2.45, 2.75) is 6.92 Å². The van der Waals surface area contributed by atoms with Crippen LogP contribution in [0.15, 0.2) is 0 Å². The number of nitriles is 1. The van der Waals surface area contributed by atoms with E-state index in [0.717, 1.165) is 0 Å². The number of rotatable bonds is 2. The fourth-order valence-corrected chi connectivity index (χ4v) is 1.08. The highest BCUT2D eigenvalue weighted by Gasteiger charge is 2.29. The van der Waals surface area contributed by atoms with Gasteiger partial charge in [0, 0.05) is 20.0 Å². The molecule has 5 heteroatoms. The molecule has 13 heavy (non-hydrogen) atoms. The van der Waals surface area contributed by atoms with E-state index >= 15 is 0 Å². The van der Waals surface area contributed by atoms with Gasteiger partial charge in [0.25, 0.3) is 0 Å². The van der Waals surface area contributed by atoms with Crippen LogP contribution in [0.2, 0.25) is 0 Å². The maximum absolute atomic E-state index is 11.2. The molecule has 0 aliphatic carbocycles. The van der Waals surface area contributed by atoms with Crippen molar-refractivity contribution in [1.29, 1.82) is 5.26 Å². The Balaban J connectivity index is 2.20. The number of carbonyl (C=O) groups is 2. The first kappa shape index (κ1) is 9.52. The average Bonchev–Trinajstić information content (AvgIpc) is 1.99. The third-order valence-electron chi connectivity index (χ3n) is 1.91. The van der Waals surface area contributed by atoms with E-state index in [1.165, 1.54) is 6.92 Å². The minimum Gasteiger partial charge on any atom is -0.347 e. The fourth-order valence-electron chi connectivity index (χ4n) is 1.08. The molecule has 1 heterocycles. The second-order valence-corrected chi connectivity index (χ2v) is 3.03. The molecule has 2 amide bonds. The third-order valence-corrected chi connectivity index (χ3v) is 1.91. The zero-order valence-electron chi connectivity index (χ0n) is 7.41. The van der Waals surface area contributed by atoms with E-state index < -0.39 is 0 Å². The Kier molecular flexibility index (Phi) is 2.85. The van der Waals surface area contributed by atoms with E-state index in [9.17, 15) is 9.59 Å². The van der Waals surface area contributed by atoms with Crippen LogP contribution in [0.3, 0.4) is 0 Å². The van der Waals surface area contributed by atoms with Crippen molar-refractivity contribution < 1.29 is 9.59 Å². The number of hydrogen-bond donors (Lipinski definition) is 1. The van der Waals surface area contributed by atoms with Crippen LogP contribution in [0.4, 0.5) is 0 Å². The van der Waals surface area contributed by atoms with Crippen molar-refractivity contribution in [3.05, 3.63) is 0 Å². The second kappa shape index (κ2) is 3.90. The van der Waals surface area contributed by atoms with Gasteiger partial charge in [0.1, 0.15) is 0 Å². The van der Waals surface area contributed by atoms with Crippen molar-refractivity contribution in [2.75, 3.05) is 19.6 Å². The normalized spacial score (nSPS) is 15.8. The number of carbonyl (C=O) groups excluding carboxylic acids is 2. The minimum atomic E-state index is -0.217. The van der Waals surface area contributed by atoms with E-state index in [1.807, 2.05) is 0 Å². The zero-order valence-corrected chi connectivity index (χ0v) is 7.41. The number of nitrogens with one attached hydrogen (secondary N) is 1. The lowest BCUT2D eigenvalue weighted by atomic mass is 10.0. The molecule has 5 nitrogen and oxygen atoms in total. The van der Waals surface area contributed by atoms with Crippen LogP contribution in [-0.2, 0) is 9.59 Å². The molecular formula is C8H11N3O2. The molecule has 0 atom stereocenters. The van der Waals surface area contributed by atoms with Crippen LogP contribution in [0.25, 0.3) is 0 Å². The van der Waals surface area contributed by atoms with Crippen LogP contribution in [-0.4, -0.2) is 36.3 Å². The highest BCUT2D eigenvalue weighted by atomic mass is 16.2. The molecule has 0 radical (unpaired) electrons. The lowest BCUT2D eigenvalue weighted by Gasteiger charge is -2.35. The molecule has 70 valence electrons. The van der Waals surface area contributed by atoms with E-state index in [2.05, 4.69) is 11.4 Å². The average molecular weight is 181 g/mol. The van der Waals surface area contributed by atoms with Gasteiger partial charge in [-0.2, -0.15) is 5.26 Å². The first-order valence-electron chi connectivity index (χ1n) is 4.05. The third kappa shape index (κ3) is 2.44. The summed E-state index contributed by atoms with van der Waals surface area (Å²) in [6.07, 6.45) is 0. The van der Waals surface area contributed by atoms with Crippen LogP contribution in [0.5, 0.6) is 0 Å². The lowest BCUT2D eigenvalue weighted by molar-refractivity contribution is -0.136. The highest BCUT2D eigenvalue weighted by Crippen LogP contribution is 2.13. The summed E-state index contributed by atoms with van der Waals surface area (Å²) in [5.74, 6) is -0.367. The van der Waals surface area contributed by atoms with E-state index in [4.69, 9.17) is 5.26 Å². The van der Waals surface area contributed by atoms with Crippen LogP contribution in [0, 0.1) is 17.2 Å². The Hall–Kier alpha value is -1.57. The summed E-state index contributed by atoms with van der Waals surface area (Å²) in [4.78, 5) is 23.2. The topological polar surface area (TPSA) is 73.2 Å². The monoisotopic (exact) mass is 181 g/mol. The van der Waals surface area contributed by atoms with Gasteiger partial charge in [0.2, 0.25) is 11.8 Å². The lowest BCUT2D eigenvalue weighted by Crippen LogP contribution is -2.52. The van der Waals surface area contributed by atoms with Crippen molar-refractivity contribution in [2.24, 2.45) is 5.92 Å². The fraction of sp³-hybridized carbons (Fsp3) is 0.625. The summed E-state index contributed by atoms with van der Waals surface area (Å²) < 4.78 is 0. The van der Waals surface area contributed by atoms with Crippen molar-refractivity contribution in [1.82, 2.24) is 10.2 Å². The molecule has 0 aromatic rings. The molecule has 1 aliphatic heterocycles. The van der Waals surface area contributed by atoms with Crippen molar-refractivity contribution >= 4 is 11.8 Å². The molecule has 1 aliphatic rings. The Morgan fingerprint density at radius 3 is 2.69 bits per heavy atom. The largest absolute Gasteiger partial charge is 0.347 e. The summed E-state index contributed by atoms with van der Waals surface area (Å²) in [5, 5.41) is 10.9. The van der Waals surface area contributed by atoms with Gasteiger partial charge in [-0.05, 0) is 0 Å². The quantitative estimate of drug-likeness (QED) is 0.600. The van der Waals surface area contributed by atoms with Crippen molar-refractivity contribution in [3.63, 3.8) is 0 Å². The molecule has 0 aromatic heterocycles. The summed E-state index contributed by atoms with van der Waals surface area (Å²) in [7, 11) is 0. The number of likely N-dealkylation sites (tertiary alicyclic amines) is 1. The molecule has 1 saturated heterocycles. The molecule has 0 unspecified atom stereocenters. The minimum absolute atomic E-state index is 0.0266. The maximum atomic E-state index is 11.2. The van der Waals surface area contributed by atoms with Gasteiger partial charge in [-0.3, -0.25) is 9.59 Å².